The van der Waals surface area contributed by atoms with Crippen LogP contribution in [0.2, 0.25) is 0 Å². The number of halogens is 1. The average Bonchev–Trinajstić information content (AvgIpc) is 3.24. The maximum Gasteiger partial charge on any atom is 0.255 e. The Labute approximate surface area is 185 Å². The number of benzene rings is 3. The molecule has 3 aromatic carbocycles. The molecule has 1 aliphatic rings. The second-order valence-electron chi connectivity index (χ2n) is 7.53. The molecule has 4 rings (SSSR count). The van der Waals surface area contributed by atoms with E-state index >= 15 is 0 Å². The first-order chi connectivity index (χ1) is 15.0. The van der Waals surface area contributed by atoms with Crippen molar-refractivity contribution >= 4 is 23.6 Å². The van der Waals surface area contributed by atoms with Crippen LogP contribution in [0, 0.1) is 12.7 Å². The molecule has 4 nitrogen and oxygen atoms in total. The van der Waals surface area contributed by atoms with Crippen LogP contribution >= 0.6 is 11.8 Å². The van der Waals surface area contributed by atoms with Crippen molar-refractivity contribution in [2.75, 3.05) is 5.75 Å². The lowest BCUT2D eigenvalue weighted by atomic mass is 10.1. The van der Waals surface area contributed by atoms with Gasteiger partial charge in [0.05, 0.1) is 0 Å². The van der Waals surface area contributed by atoms with E-state index in [0.717, 1.165) is 16.7 Å². The van der Waals surface area contributed by atoms with Gasteiger partial charge in [-0.3, -0.25) is 9.59 Å². The number of carbonyl (C=O) groups excluding carboxylic acids is 2. The Morgan fingerprint density at radius 1 is 1.00 bits per heavy atom. The number of hydrogen-bond donors (Lipinski definition) is 1. The standard InChI is InChI=1S/C25H23FN2O2S/c1-17-7-9-19(10-8-17)24(30)28-22(23(29)27-15-18-5-3-2-4-6-18)16-31-25(28)20-11-13-21(26)14-12-20/h2-14,22,25H,15-16H2,1H3,(H,27,29). The minimum Gasteiger partial charge on any atom is -0.350 e. The molecule has 3 aromatic rings. The first-order valence-electron chi connectivity index (χ1n) is 10.1. The number of hydrogen-bond acceptors (Lipinski definition) is 3. The number of nitrogens with zero attached hydrogens (tertiary/aromatic N) is 1. The molecule has 1 saturated heterocycles. The molecule has 2 amide bonds. The zero-order chi connectivity index (χ0) is 21.8. The van der Waals surface area contributed by atoms with Crippen molar-refractivity contribution in [2.24, 2.45) is 0 Å². The van der Waals surface area contributed by atoms with Crippen molar-refractivity contribution in [3.05, 3.63) is 107 Å². The number of aryl methyl sites for hydroxylation is 1. The molecule has 6 heteroatoms. The van der Waals surface area contributed by atoms with E-state index in [-0.39, 0.29) is 23.0 Å². The minimum absolute atomic E-state index is 0.193. The van der Waals surface area contributed by atoms with Gasteiger partial charge in [0.15, 0.2) is 0 Å². The van der Waals surface area contributed by atoms with Gasteiger partial charge in [0, 0.05) is 17.9 Å². The monoisotopic (exact) mass is 434 g/mol. The Morgan fingerprint density at radius 3 is 2.35 bits per heavy atom. The van der Waals surface area contributed by atoms with E-state index in [1.165, 1.54) is 23.9 Å². The van der Waals surface area contributed by atoms with E-state index in [4.69, 9.17) is 0 Å². The molecular weight excluding hydrogens is 411 g/mol. The third-order valence-electron chi connectivity index (χ3n) is 5.30. The van der Waals surface area contributed by atoms with Crippen LogP contribution in [0.5, 0.6) is 0 Å². The lowest BCUT2D eigenvalue weighted by molar-refractivity contribution is -0.125. The quantitative estimate of drug-likeness (QED) is 0.633. The fraction of sp³-hybridized carbons (Fsp3) is 0.200. The van der Waals surface area contributed by atoms with Crippen LogP contribution in [0.25, 0.3) is 0 Å². The summed E-state index contributed by atoms with van der Waals surface area (Å²) >= 11 is 1.52. The summed E-state index contributed by atoms with van der Waals surface area (Å²) in [6, 6.07) is 22.5. The van der Waals surface area contributed by atoms with Crippen molar-refractivity contribution in [1.82, 2.24) is 10.2 Å². The lowest BCUT2D eigenvalue weighted by Crippen LogP contribution is -2.47. The highest BCUT2D eigenvalue weighted by Crippen LogP contribution is 2.42. The van der Waals surface area contributed by atoms with E-state index in [9.17, 15) is 14.0 Å². The Bertz CT molecular complexity index is 1060. The number of rotatable bonds is 5. The van der Waals surface area contributed by atoms with Crippen LogP contribution in [0.15, 0.2) is 78.9 Å². The molecule has 0 aliphatic carbocycles. The summed E-state index contributed by atoms with van der Waals surface area (Å²) in [5.74, 6) is -0.263. The van der Waals surface area contributed by atoms with Gasteiger partial charge < -0.3 is 10.2 Å². The SMILES string of the molecule is Cc1ccc(C(=O)N2C(C(=O)NCc3ccccc3)CSC2c2ccc(F)cc2)cc1. The van der Waals surface area contributed by atoms with Crippen molar-refractivity contribution < 1.29 is 14.0 Å². The number of thioether (sulfide) groups is 1. The normalized spacial score (nSPS) is 18.1. The summed E-state index contributed by atoms with van der Waals surface area (Å²) in [5, 5.41) is 2.60. The molecule has 1 fully saturated rings. The highest BCUT2D eigenvalue weighted by atomic mass is 32.2. The molecule has 0 aromatic heterocycles. The maximum atomic E-state index is 13.5. The molecule has 31 heavy (non-hydrogen) atoms. The highest BCUT2D eigenvalue weighted by molar-refractivity contribution is 7.99. The largest absolute Gasteiger partial charge is 0.350 e. The summed E-state index contributed by atoms with van der Waals surface area (Å²) in [6.45, 7) is 2.36. The average molecular weight is 435 g/mol. The van der Waals surface area contributed by atoms with Crippen LogP contribution in [0.3, 0.4) is 0 Å². The van der Waals surface area contributed by atoms with Gasteiger partial charge in [-0.25, -0.2) is 4.39 Å². The molecule has 1 heterocycles. The van der Waals surface area contributed by atoms with Gasteiger partial charge in [-0.1, -0.05) is 60.2 Å². The van der Waals surface area contributed by atoms with E-state index in [1.807, 2.05) is 49.4 Å². The van der Waals surface area contributed by atoms with Crippen LogP contribution < -0.4 is 5.32 Å². The zero-order valence-corrected chi connectivity index (χ0v) is 17.9. The zero-order valence-electron chi connectivity index (χ0n) is 17.1. The maximum absolute atomic E-state index is 13.5. The third kappa shape index (κ3) is 4.80. The predicted octanol–water partition coefficient (Wildman–Crippen LogP) is 4.71. The van der Waals surface area contributed by atoms with Gasteiger partial charge in [-0.15, -0.1) is 11.8 Å². The van der Waals surface area contributed by atoms with Gasteiger partial charge in [0.25, 0.3) is 5.91 Å². The van der Waals surface area contributed by atoms with Gasteiger partial charge in [0.2, 0.25) is 5.91 Å². The number of amides is 2. The van der Waals surface area contributed by atoms with Crippen molar-refractivity contribution in [3.63, 3.8) is 0 Å². The molecule has 0 spiro atoms. The Balaban J connectivity index is 1.60. The predicted molar refractivity (Wildman–Crippen MR) is 121 cm³/mol. The van der Waals surface area contributed by atoms with Crippen molar-refractivity contribution in [1.29, 1.82) is 0 Å². The van der Waals surface area contributed by atoms with E-state index in [0.29, 0.717) is 17.9 Å². The summed E-state index contributed by atoms with van der Waals surface area (Å²) in [7, 11) is 0. The molecule has 2 atom stereocenters. The molecule has 2 unspecified atom stereocenters. The molecule has 1 N–H and O–H groups in total. The molecule has 1 aliphatic heterocycles. The Morgan fingerprint density at radius 2 is 1.68 bits per heavy atom. The highest BCUT2D eigenvalue weighted by Gasteiger charge is 2.42. The molecule has 0 saturated carbocycles. The first kappa shape index (κ1) is 21.1. The van der Waals surface area contributed by atoms with E-state index in [2.05, 4.69) is 5.32 Å². The van der Waals surface area contributed by atoms with Crippen LogP contribution in [0.1, 0.15) is 32.4 Å². The van der Waals surface area contributed by atoms with Crippen LogP contribution in [-0.2, 0) is 11.3 Å². The summed E-state index contributed by atoms with van der Waals surface area (Å²) in [6.07, 6.45) is 0. The van der Waals surface area contributed by atoms with E-state index in [1.54, 1.807) is 29.2 Å². The Hall–Kier alpha value is -3.12. The molecule has 158 valence electrons. The summed E-state index contributed by atoms with van der Waals surface area (Å²) in [5.41, 5.74) is 3.37. The molecule has 0 radical (unpaired) electrons. The third-order valence-corrected chi connectivity index (χ3v) is 6.62. The Kier molecular flexibility index (Phi) is 6.37. The topological polar surface area (TPSA) is 49.4 Å². The van der Waals surface area contributed by atoms with Gasteiger partial charge in [0.1, 0.15) is 17.2 Å². The van der Waals surface area contributed by atoms with Crippen molar-refractivity contribution in [2.45, 2.75) is 24.9 Å². The fourth-order valence-electron chi connectivity index (χ4n) is 3.59. The van der Waals surface area contributed by atoms with Crippen LogP contribution in [-0.4, -0.2) is 28.5 Å². The smallest absolute Gasteiger partial charge is 0.255 e. The summed E-state index contributed by atoms with van der Waals surface area (Å²) in [4.78, 5) is 28.2. The second-order valence-corrected chi connectivity index (χ2v) is 8.65. The second kappa shape index (κ2) is 9.35. The van der Waals surface area contributed by atoms with Gasteiger partial charge in [-0.05, 0) is 42.3 Å². The fourth-order valence-corrected chi connectivity index (χ4v) is 5.02. The van der Waals surface area contributed by atoms with E-state index < -0.39 is 6.04 Å². The first-order valence-corrected chi connectivity index (χ1v) is 11.2. The lowest BCUT2D eigenvalue weighted by Gasteiger charge is -2.29. The van der Waals surface area contributed by atoms with Gasteiger partial charge in [-0.2, -0.15) is 0 Å². The van der Waals surface area contributed by atoms with Crippen molar-refractivity contribution in [3.8, 4) is 0 Å². The number of nitrogens with one attached hydrogen (secondary N) is 1. The minimum atomic E-state index is -0.613. The van der Waals surface area contributed by atoms with Crippen LogP contribution in [0.4, 0.5) is 4.39 Å². The number of carbonyl (C=O) groups is 2. The molecular formula is C25H23FN2O2S. The summed E-state index contributed by atoms with van der Waals surface area (Å²) < 4.78 is 13.4. The molecule has 0 bridgehead atoms. The van der Waals surface area contributed by atoms with Gasteiger partial charge >= 0.3 is 0 Å².